The van der Waals surface area contributed by atoms with E-state index in [9.17, 15) is 24.3 Å². The molecule has 0 aromatic heterocycles. The Bertz CT molecular complexity index is 599. The molecule has 8 N–H and O–H groups in total. The molecule has 0 aliphatic rings. The van der Waals surface area contributed by atoms with Crippen LogP contribution in [0.25, 0.3) is 0 Å². The number of nitrogens with two attached hydrogens (primary N) is 2. The van der Waals surface area contributed by atoms with Crippen LogP contribution in [0.5, 0.6) is 0 Å². The molecular weight excluding hydrogens is 402 g/mol. The molecule has 5 unspecified atom stereocenters. The standard InChI is InChI=1S/C21H41N5O5/c1-6-13(4)17(20(29)25-16(21(30)31)11-12(2)3)26-18(27)14(5)24-19(28)15(23)9-7-8-10-22/h12-17H,6-11,22-23H2,1-5H3,(H,24,28)(H,25,29)(H,26,27)(H,30,31). The molecule has 10 nitrogen and oxygen atoms in total. The third-order valence-electron chi connectivity index (χ3n) is 5.17. The first-order valence-corrected chi connectivity index (χ1v) is 11.0. The van der Waals surface area contributed by atoms with Crippen LogP contribution in [-0.4, -0.2) is 59.5 Å². The average molecular weight is 444 g/mol. The Morgan fingerprint density at radius 3 is 2.00 bits per heavy atom. The van der Waals surface area contributed by atoms with Crippen LogP contribution < -0.4 is 27.4 Å². The van der Waals surface area contributed by atoms with Gasteiger partial charge in [-0.05, 0) is 44.6 Å². The summed E-state index contributed by atoms with van der Waals surface area (Å²) in [6.07, 6.45) is 2.80. The predicted octanol–water partition coefficient (Wildman–Crippen LogP) is 0.0938. The van der Waals surface area contributed by atoms with Gasteiger partial charge in [0.2, 0.25) is 17.7 Å². The molecule has 0 saturated heterocycles. The molecule has 0 saturated carbocycles. The maximum Gasteiger partial charge on any atom is 0.326 e. The van der Waals surface area contributed by atoms with Crippen molar-refractivity contribution in [3.8, 4) is 0 Å². The molecule has 0 aromatic rings. The van der Waals surface area contributed by atoms with Gasteiger partial charge in [-0.15, -0.1) is 0 Å². The zero-order valence-corrected chi connectivity index (χ0v) is 19.4. The highest BCUT2D eigenvalue weighted by molar-refractivity contribution is 5.94. The summed E-state index contributed by atoms with van der Waals surface area (Å²) in [4.78, 5) is 49.1. The van der Waals surface area contributed by atoms with Crippen molar-refractivity contribution < 1.29 is 24.3 Å². The van der Waals surface area contributed by atoms with Crippen molar-refractivity contribution in [2.24, 2.45) is 23.3 Å². The van der Waals surface area contributed by atoms with Gasteiger partial charge >= 0.3 is 5.97 Å². The van der Waals surface area contributed by atoms with Gasteiger partial charge in [-0.3, -0.25) is 14.4 Å². The summed E-state index contributed by atoms with van der Waals surface area (Å²) >= 11 is 0. The number of hydrogen-bond donors (Lipinski definition) is 6. The lowest BCUT2D eigenvalue weighted by atomic mass is 9.96. The van der Waals surface area contributed by atoms with Crippen LogP contribution in [0.3, 0.4) is 0 Å². The van der Waals surface area contributed by atoms with E-state index in [1.54, 1.807) is 6.92 Å². The van der Waals surface area contributed by atoms with E-state index in [0.29, 0.717) is 25.8 Å². The van der Waals surface area contributed by atoms with E-state index in [0.717, 1.165) is 6.42 Å². The molecule has 0 rings (SSSR count). The van der Waals surface area contributed by atoms with E-state index in [2.05, 4.69) is 16.0 Å². The van der Waals surface area contributed by atoms with Gasteiger partial charge in [0.25, 0.3) is 0 Å². The summed E-state index contributed by atoms with van der Waals surface area (Å²) in [5.74, 6) is -2.85. The topological polar surface area (TPSA) is 177 Å². The highest BCUT2D eigenvalue weighted by Gasteiger charge is 2.31. The normalized spacial score (nSPS) is 16.0. The zero-order chi connectivity index (χ0) is 24.1. The highest BCUT2D eigenvalue weighted by atomic mass is 16.4. The monoisotopic (exact) mass is 443 g/mol. The van der Waals surface area contributed by atoms with Gasteiger partial charge in [-0.2, -0.15) is 0 Å². The average Bonchev–Trinajstić information content (AvgIpc) is 2.69. The molecule has 0 radical (unpaired) electrons. The highest BCUT2D eigenvalue weighted by Crippen LogP contribution is 2.11. The minimum absolute atomic E-state index is 0.0716. The van der Waals surface area contributed by atoms with E-state index >= 15 is 0 Å². The van der Waals surface area contributed by atoms with Crippen molar-refractivity contribution in [2.75, 3.05) is 6.54 Å². The molecule has 0 aliphatic carbocycles. The van der Waals surface area contributed by atoms with Crippen molar-refractivity contribution >= 4 is 23.7 Å². The Labute approximate surface area is 185 Å². The van der Waals surface area contributed by atoms with Crippen LogP contribution in [0.4, 0.5) is 0 Å². The van der Waals surface area contributed by atoms with Crippen molar-refractivity contribution in [1.82, 2.24) is 16.0 Å². The third kappa shape index (κ3) is 11.1. The van der Waals surface area contributed by atoms with Gasteiger partial charge in [0.15, 0.2) is 0 Å². The molecule has 0 fully saturated rings. The number of carboxylic acid groups (broad SMARTS) is 1. The van der Waals surface area contributed by atoms with Crippen LogP contribution in [0.15, 0.2) is 0 Å². The molecule has 3 amide bonds. The zero-order valence-electron chi connectivity index (χ0n) is 19.4. The summed E-state index contributed by atoms with van der Waals surface area (Å²) in [7, 11) is 0. The third-order valence-corrected chi connectivity index (χ3v) is 5.17. The molecule has 0 spiro atoms. The number of carbonyl (C=O) groups is 4. The summed E-state index contributed by atoms with van der Waals surface area (Å²) in [5, 5.41) is 17.1. The summed E-state index contributed by atoms with van der Waals surface area (Å²) < 4.78 is 0. The van der Waals surface area contributed by atoms with Gasteiger partial charge < -0.3 is 32.5 Å². The quantitative estimate of drug-likeness (QED) is 0.194. The second-order valence-electron chi connectivity index (χ2n) is 8.52. The van der Waals surface area contributed by atoms with Crippen molar-refractivity contribution in [2.45, 2.75) is 90.9 Å². The first-order valence-electron chi connectivity index (χ1n) is 11.0. The Balaban J connectivity index is 5.06. The molecule has 0 heterocycles. The second kappa shape index (κ2) is 14.7. The fourth-order valence-electron chi connectivity index (χ4n) is 2.96. The number of hydrogen-bond acceptors (Lipinski definition) is 6. The summed E-state index contributed by atoms with van der Waals surface area (Å²) in [6, 6.07) is -3.62. The number of aliphatic carboxylic acids is 1. The van der Waals surface area contributed by atoms with Gasteiger partial charge in [0.05, 0.1) is 6.04 Å². The molecule has 5 atom stereocenters. The van der Waals surface area contributed by atoms with Crippen molar-refractivity contribution in [3.63, 3.8) is 0 Å². The number of nitrogens with one attached hydrogen (secondary N) is 3. The van der Waals surface area contributed by atoms with E-state index in [-0.39, 0.29) is 18.3 Å². The minimum atomic E-state index is -1.12. The van der Waals surface area contributed by atoms with Crippen molar-refractivity contribution in [3.05, 3.63) is 0 Å². The molecular formula is C21H41N5O5. The van der Waals surface area contributed by atoms with Crippen LogP contribution in [0.2, 0.25) is 0 Å². The largest absolute Gasteiger partial charge is 0.480 e. The Kier molecular flexibility index (Phi) is 13.7. The van der Waals surface area contributed by atoms with Crippen molar-refractivity contribution in [1.29, 1.82) is 0 Å². The van der Waals surface area contributed by atoms with Crippen LogP contribution >= 0.6 is 0 Å². The summed E-state index contributed by atoms with van der Waals surface area (Å²) in [5.41, 5.74) is 11.3. The Morgan fingerprint density at radius 2 is 1.52 bits per heavy atom. The lowest BCUT2D eigenvalue weighted by Gasteiger charge is -2.27. The molecule has 31 heavy (non-hydrogen) atoms. The number of carbonyl (C=O) groups excluding carboxylic acids is 3. The molecule has 0 aromatic carbocycles. The van der Waals surface area contributed by atoms with Crippen LogP contribution in [0.1, 0.15) is 66.7 Å². The fraction of sp³-hybridized carbons (Fsp3) is 0.810. The van der Waals surface area contributed by atoms with Gasteiger partial charge in [-0.25, -0.2) is 4.79 Å². The first-order chi connectivity index (χ1) is 14.4. The molecule has 0 bridgehead atoms. The van der Waals surface area contributed by atoms with E-state index in [4.69, 9.17) is 11.5 Å². The molecule has 10 heteroatoms. The Morgan fingerprint density at radius 1 is 0.903 bits per heavy atom. The van der Waals surface area contributed by atoms with Gasteiger partial charge in [0, 0.05) is 0 Å². The van der Waals surface area contributed by atoms with Gasteiger partial charge in [-0.1, -0.05) is 40.5 Å². The maximum atomic E-state index is 12.8. The molecule has 0 aliphatic heterocycles. The van der Waals surface area contributed by atoms with E-state index < -0.39 is 47.9 Å². The lowest BCUT2D eigenvalue weighted by molar-refractivity contribution is -0.143. The molecule has 180 valence electrons. The number of amides is 3. The number of rotatable bonds is 15. The summed E-state index contributed by atoms with van der Waals surface area (Å²) in [6.45, 7) is 9.41. The fourth-order valence-corrected chi connectivity index (χ4v) is 2.96. The SMILES string of the molecule is CCC(C)C(NC(=O)C(C)NC(=O)C(N)CCCCN)C(=O)NC(CC(C)C)C(=O)O. The minimum Gasteiger partial charge on any atom is -0.480 e. The van der Waals surface area contributed by atoms with E-state index in [1.165, 1.54) is 6.92 Å². The Hall–Kier alpha value is -2.20. The lowest BCUT2D eigenvalue weighted by Crippen LogP contribution is -2.58. The number of carboxylic acids is 1. The van der Waals surface area contributed by atoms with Crippen LogP contribution in [0, 0.1) is 11.8 Å². The smallest absolute Gasteiger partial charge is 0.326 e. The van der Waals surface area contributed by atoms with Crippen LogP contribution in [-0.2, 0) is 19.2 Å². The first kappa shape index (κ1) is 28.8. The predicted molar refractivity (Wildman–Crippen MR) is 119 cm³/mol. The van der Waals surface area contributed by atoms with E-state index in [1.807, 2.05) is 20.8 Å². The second-order valence-corrected chi connectivity index (χ2v) is 8.52. The maximum absolute atomic E-state index is 12.8. The number of unbranched alkanes of at least 4 members (excludes halogenated alkanes) is 1. The van der Waals surface area contributed by atoms with Gasteiger partial charge in [0.1, 0.15) is 18.1 Å².